The monoisotopic (exact) mass is 334 g/mol. The first-order chi connectivity index (χ1) is 4.34. The first kappa shape index (κ1) is 11.1. The lowest BCUT2D eigenvalue weighted by Crippen LogP contribution is -2.20. The van der Waals surface area contributed by atoms with Gasteiger partial charge in [-0.05, 0) is 13.8 Å². The molecule has 0 rings (SSSR count). The molecule has 0 radical (unpaired) electrons. The summed E-state index contributed by atoms with van der Waals surface area (Å²) < 4.78 is -0.593. The third-order valence-corrected chi connectivity index (χ3v) is 2.23. The van der Waals surface area contributed by atoms with Gasteiger partial charge in [-0.3, -0.25) is 0 Å². The van der Waals surface area contributed by atoms with Gasteiger partial charge in [0.1, 0.15) is 6.10 Å². The molecule has 0 aromatic carbocycles. The summed E-state index contributed by atoms with van der Waals surface area (Å²) in [5.41, 5.74) is 1.08. The van der Waals surface area contributed by atoms with Gasteiger partial charge >= 0.3 is 0 Å². The average molecular weight is 337 g/mol. The van der Waals surface area contributed by atoms with Crippen molar-refractivity contribution in [3.63, 3.8) is 0 Å². The molecule has 0 aromatic heterocycles. The molecule has 0 amide bonds. The lowest BCUT2D eigenvalue weighted by Gasteiger charge is -2.16. The molecule has 0 aliphatic heterocycles. The quantitative estimate of drug-likeness (QED) is 0.576. The molecule has 1 atom stereocenters. The van der Waals surface area contributed by atoms with Crippen molar-refractivity contribution < 1.29 is 5.11 Å². The van der Waals surface area contributed by atoms with Crippen molar-refractivity contribution in [2.24, 2.45) is 0 Å². The summed E-state index contributed by atoms with van der Waals surface area (Å²) in [4.78, 5) is 0. The largest absolute Gasteiger partial charge is 0.386 e. The molecule has 0 aliphatic carbocycles. The number of hydrogen-bond donors (Lipinski definition) is 1. The number of alkyl halides is 3. The molecule has 1 nitrogen and oxygen atoms in total. The van der Waals surface area contributed by atoms with Gasteiger partial charge in [0.2, 0.25) is 0 Å². The third-order valence-electron chi connectivity index (χ3n) is 0.827. The van der Waals surface area contributed by atoms with Crippen LogP contribution in [0.3, 0.4) is 0 Å². The summed E-state index contributed by atoms with van der Waals surface area (Å²) in [5, 5.41) is 9.34. The minimum Gasteiger partial charge on any atom is -0.386 e. The van der Waals surface area contributed by atoms with Crippen LogP contribution in [0, 0.1) is 0 Å². The molecule has 0 fully saturated rings. The van der Waals surface area contributed by atoms with E-state index < -0.39 is 8.25 Å². The van der Waals surface area contributed by atoms with E-state index in [0.717, 1.165) is 5.57 Å². The molecule has 0 aliphatic rings. The van der Waals surface area contributed by atoms with E-state index in [4.69, 9.17) is 0 Å². The van der Waals surface area contributed by atoms with Gasteiger partial charge in [0, 0.05) is 0 Å². The average Bonchev–Trinajstić information content (AvgIpc) is 1.60. The van der Waals surface area contributed by atoms with Gasteiger partial charge in [-0.25, -0.2) is 0 Å². The number of rotatable bonds is 1. The van der Waals surface area contributed by atoms with Gasteiger partial charge < -0.3 is 5.11 Å². The second-order valence-corrected chi connectivity index (χ2v) is 9.18. The molecule has 0 bridgehead atoms. The van der Waals surface area contributed by atoms with Crippen molar-refractivity contribution in [3.05, 3.63) is 11.6 Å². The van der Waals surface area contributed by atoms with Crippen molar-refractivity contribution in [2.45, 2.75) is 22.1 Å². The number of hydrogen-bond acceptors (Lipinski definition) is 1. The standard InChI is InChI=1S/C6H9Br3O/c1-4(2)3-5(10)6(7,8)9/h3,5,10H,1-2H3. The van der Waals surface area contributed by atoms with Crippen LogP contribution in [-0.4, -0.2) is 13.4 Å². The van der Waals surface area contributed by atoms with E-state index in [1.54, 1.807) is 6.08 Å². The molecule has 0 spiro atoms. The Morgan fingerprint density at radius 3 is 1.90 bits per heavy atom. The van der Waals surface area contributed by atoms with E-state index in [0.29, 0.717) is 0 Å². The van der Waals surface area contributed by atoms with Gasteiger partial charge in [-0.1, -0.05) is 59.4 Å². The number of aliphatic hydroxyl groups is 1. The van der Waals surface area contributed by atoms with Crippen molar-refractivity contribution in [1.29, 1.82) is 0 Å². The van der Waals surface area contributed by atoms with E-state index in [1.807, 2.05) is 13.8 Å². The van der Waals surface area contributed by atoms with Crippen molar-refractivity contribution >= 4 is 47.8 Å². The first-order valence-electron chi connectivity index (χ1n) is 2.74. The zero-order valence-corrected chi connectivity index (χ0v) is 10.5. The number of allylic oxidation sites excluding steroid dienone is 1. The van der Waals surface area contributed by atoms with Crippen LogP contribution in [0.1, 0.15) is 13.8 Å². The Morgan fingerprint density at radius 1 is 1.40 bits per heavy atom. The van der Waals surface area contributed by atoms with Crippen LogP contribution in [0.25, 0.3) is 0 Å². The fourth-order valence-electron chi connectivity index (χ4n) is 0.410. The predicted molar refractivity (Wildman–Crippen MR) is 54.9 cm³/mol. The maximum Gasteiger partial charge on any atom is 0.164 e. The summed E-state index contributed by atoms with van der Waals surface area (Å²) in [7, 11) is 0. The smallest absolute Gasteiger partial charge is 0.164 e. The fourth-order valence-corrected chi connectivity index (χ4v) is 0.807. The Morgan fingerprint density at radius 2 is 1.80 bits per heavy atom. The highest BCUT2D eigenvalue weighted by atomic mass is 80.0. The zero-order valence-electron chi connectivity index (χ0n) is 5.74. The normalized spacial score (nSPS) is 14.6. The first-order valence-corrected chi connectivity index (χ1v) is 5.11. The SMILES string of the molecule is CC(C)=CC(O)C(Br)(Br)Br. The van der Waals surface area contributed by atoms with E-state index in [2.05, 4.69) is 47.8 Å². The Labute approximate surface area is 86.3 Å². The Hall–Kier alpha value is 1.14. The molecule has 60 valence electrons. The zero-order chi connectivity index (χ0) is 8.36. The topological polar surface area (TPSA) is 20.2 Å². The Bertz CT molecular complexity index is 132. The number of halogens is 3. The Kier molecular flexibility index (Phi) is 4.72. The fraction of sp³-hybridized carbons (Fsp3) is 0.667. The molecule has 0 heterocycles. The summed E-state index contributed by atoms with van der Waals surface area (Å²) in [6, 6.07) is 0. The minimum atomic E-state index is -0.593. The second-order valence-electron chi connectivity index (χ2n) is 2.23. The summed E-state index contributed by atoms with van der Waals surface area (Å²) in [6.07, 6.45) is 1.18. The van der Waals surface area contributed by atoms with E-state index in [1.165, 1.54) is 0 Å². The number of aliphatic hydroxyl groups excluding tert-OH is 1. The summed E-state index contributed by atoms with van der Waals surface area (Å²) in [6.45, 7) is 3.86. The van der Waals surface area contributed by atoms with Crippen molar-refractivity contribution in [3.8, 4) is 0 Å². The van der Waals surface area contributed by atoms with E-state index in [9.17, 15) is 5.11 Å². The van der Waals surface area contributed by atoms with Crippen LogP contribution in [0.2, 0.25) is 0 Å². The van der Waals surface area contributed by atoms with E-state index >= 15 is 0 Å². The Balaban J connectivity index is 4.11. The van der Waals surface area contributed by atoms with Crippen LogP contribution in [0.4, 0.5) is 0 Å². The van der Waals surface area contributed by atoms with Gasteiger partial charge in [0.25, 0.3) is 0 Å². The van der Waals surface area contributed by atoms with Crippen molar-refractivity contribution in [1.82, 2.24) is 0 Å². The summed E-state index contributed by atoms with van der Waals surface area (Å²) >= 11 is 9.63. The van der Waals surface area contributed by atoms with E-state index in [-0.39, 0.29) is 0 Å². The molecular weight excluding hydrogens is 328 g/mol. The van der Waals surface area contributed by atoms with Crippen LogP contribution in [0.15, 0.2) is 11.6 Å². The lowest BCUT2D eigenvalue weighted by atomic mass is 10.2. The highest BCUT2D eigenvalue weighted by Crippen LogP contribution is 2.37. The molecule has 1 N–H and O–H groups in total. The highest BCUT2D eigenvalue weighted by Gasteiger charge is 2.26. The van der Waals surface area contributed by atoms with Crippen LogP contribution in [0.5, 0.6) is 0 Å². The molecule has 1 unspecified atom stereocenters. The molecule has 0 saturated carbocycles. The molecule has 0 saturated heterocycles. The van der Waals surface area contributed by atoms with Crippen LogP contribution < -0.4 is 0 Å². The minimum absolute atomic E-state index is 0.572. The third kappa shape index (κ3) is 4.88. The second kappa shape index (κ2) is 4.24. The van der Waals surface area contributed by atoms with Crippen molar-refractivity contribution in [2.75, 3.05) is 0 Å². The summed E-state index contributed by atoms with van der Waals surface area (Å²) in [5.74, 6) is 0. The molecular formula is C6H9Br3O. The predicted octanol–water partition coefficient (Wildman–Crippen LogP) is 3.15. The van der Waals surface area contributed by atoms with Crippen LogP contribution in [-0.2, 0) is 0 Å². The van der Waals surface area contributed by atoms with Gasteiger partial charge in [0.15, 0.2) is 2.14 Å². The highest BCUT2D eigenvalue weighted by molar-refractivity contribution is 9.39. The lowest BCUT2D eigenvalue weighted by molar-refractivity contribution is 0.237. The molecule has 0 aromatic rings. The molecule has 4 heteroatoms. The van der Waals surface area contributed by atoms with Gasteiger partial charge in [-0.15, -0.1) is 0 Å². The maximum absolute atomic E-state index is 9.34. The van der Waals surface area contributed by atoms with Crippen LogP contribution >= 0.6 is 47.8 Å². The van der Waals surface area contributed by atoms with Gasteiger partial charge in [-0.2, -0.15) is 0 Å². The van der Waals surface area contributed by atoms with Gasteiger partial charge in [0.05, 0.1) is 0 Å². The maximum atomic E-state index is 9.34. The molecule has 10 heavy (non-hydrogen) atoms.